The van der Waals surface area contributed by atoms with Crippen molar-refractivity contribution in [1.82, 2.24) is 9.97 Å². The first-order valence-corrected chi connectivity index (χ1v) is 6.08. The van der Waals surface area contributed by atoms with Gasteiger partial charge in [0.05, 0.1) is 23.3 Å². The summed E-state index contributed by atoms with van der Waals surface area (Å²) in [5.41, 5.74) is 0. The molecule has 0 atom stereocenters. The van der Waals surface area contributed by atoms with Gasteiger partial charge in [-0.1, -0.05) is 0 Å². The summed E-state index contributed by atoms with van der Waals surface area (Å²) in [4.78, 5) is 22.6. The van der Waals surface area contributed by atoms with Gasteiger partial charge in [0.25, 0.3) is 0 Å². The van der Waals surface area contributed by atoms with Crippen LogP contribution < -0.4 is 9.13 Å². The molecule has 12 heteroatoms. The van der Waals surface area contributed by atoms with Crippen molar-refractivity contribution in [2.24, 2.45) is 0 Å². The van der Waals surface area contributed by atoms with E-state index in [4.69, 9.17) is 30.6 Å². The summed E-state index contributed by atoms with van der Waals surface area (Å²) in [6.07, 6.45) is 14.4. The van der Waals surface area contributed by atoms with E-state index in [2.05, 4.69) is 31.5 Å². The predicted octanol–water partition coefficient (Wildman–Crippen LogP) is -0.0800. The van der Waals surface area contributed by atoms with E-state index in [0.717, 1.165) is 13.1 Å². The van der Waals surface area contributed by atoms with E-state index in [9.17, 15) is 0 Å². The van der Waals surface area contributed by atoms with Crippen LogP contribution >= 0.6 is 0 Å². The molecule has 0 radical (unpaired) electrons. The van der Waals surface area contributed by atoms with Crippen LogP contribution in [0.25, 0.3) is 0 Å². The lowest BCUT2D eigenvalue weighted by atomic mass is 10.3. The highest BCUT2D eigenvalue weighted by atomic mass is 16.9. The van der Waals surface area contributed by atoms with Gasteiger partial charge in [-0.05, 0) is 12.8 Å². The normalized spacial score (nSPS) is 8.91. The van der Waals surface area contributed by atoms with Crippen LogP contribution in [-0.4, -0.2) is 20.1 Å². The Bertz CT molecular complexity index is 458. The van der Waals surface area contributed by atoms with Gasteiger partial charge in [0.15, 0.2) is 0 Å². The molecule has 0 bridgehead atoms. The largest absolute Gasteiger partial charge is 0.356 e. The maximum absolute atomic E-state index is 8.25. The first-order chi connectivity index (χ1) is 10.4. The lowest BCUT2D eigenvalue weighted by molar-refractivity contribution is -0.706. The fraction of sp³-hybridized carbons (Fsp3) is 0.400. The number of nitrogens with one attached hydrogen (secondary N) is 2. The first kappa shape index (κ1) is 18.8. The molecule has 2 aromatic heterocycles. The Labute approximate surface area is 124 Å². The van der Waals surface area contributed by atoms with Crippen LogP contribution in [0.3, 0.4) is 0 Å². The number of imidazole rings is 2. The van der Waals surface area contributed by atoms with Crippen molar-refractivity contribution in [1.29, 1.82) is 0 Å². The van der Waals surface area contributed by atoms with Crippen molar-refractivity contribution in [2.45, 2.75) is 25.9 Å². The maximum Gasteiger partial charge on any atom is 0.241 e. The summed E-state index contributed by atoms with van der Waals surface area (Å²) in [6.45, 7) is 2.18. The summed E-state index contributed by atoms with van der Waals surface area (Å²) in [6, 6.07) is 0. The van der Waals surface area contributed by atoms with Crippen LogP contribution in [0.5, 0.6) is 0 Å². The highest BCUT2D eigenvalue weighted by molar-refractivity contribution is 4.56. The molecule has 122 valence electrons. The molecule has 2 N–H and O–H groups in total. The molecule has 0 aliphatic carbocycles. The highest BCUT2D eigenvalue weighted by Crippen LogP contribution is 1.88. The van der Waals surface area contributed by atoms with Crippen LogP contribution in [0.15, 0.2) is 37.4 Å². The van der Waals surface area contributed by atoms with Gasteiger partial charge in [0.2, 0.25) is 12.7 Å². The number of hydrogen-bond donors (Lipinski definition) is 2. The number of unbranched alkanes of at least 4 members (excludes halogenated alkanes) is 1. The molecular weight excluding hydrogens is 300 g/mol. The van der Waals surface area contributed by atoms with Crippen LogP contribution in [-0.2, 0) is 13.1 Å². The topological polar surface area (TPSA) is 172 Å². The van der Waals surface area contributed by atoms with Crippen molar-refractivity contribution in [2.75, 3.05) is 0 Å². The average molecular weight is 316 g/mol. The van der Waals surface area contributed by atoms with Crippen molar-refractivity contribution in [3.8, 4) is 0 Å². The Kier molecular flexibility index (Phi) is 9.95. The number of aromatic amines is 2. The minimum atomic E-state index is -1.75. The smallest absolute Gasteiger partial charge is 0.241 e. The fourth-order valence-corrected chi connectivity index (χ4v) is 1.51. The summed E-state index contributed by atoms with van der Waals surface area (Å²) in [7, 11) is 0. The van der Waals surface area contributed by atoms with Gasteiger partial charge in [-0.2, -0.15) is 0 Å². The third kappa shape index (κ3) is 13.3. The van der Waals surface area contributed by atoms with Crippen LogP contribution in [0, 0.1) is 30.6 Å². The highest BCUT2D eigenvalue weighted by Gasteiger charge is 1.99. The second-order valence-electron chi connectivity index (χ2n) is 3.85. The predicted molar refractivity (Wildman–Crippen MR) is 71.9 cm³/mol. The first-order valence-electron chi connectivity index (χ1n) is 6.08. The summed E-state index contributed by atoms with van der Waals surface area (Å²) < 4.78 is 4.34. The van der Waals surface area contributed by atoms with Gasteiger partial charge >= 0.3 is 0 Å². The minimum absolute atomic E-state index is 1.09. The number of hydrogen-bond acceptors (Lipinski definition) is 6. The number of H-pyrrole nitrogens is 2. The Morgan fingerprint density at radius 2 is 1.09 bits per heavy atom. The van der Waals surface area contributed by atoms with E-state index in [-0.39, 0.29) is 0 Å². The van der Waals surface area contributed by atoms with E-state index in [1.807, 2.05) is 25.0 Å². The Hall–Kier alpha value is -3.18. The molecule has 12 nitrogen and oxygen atoms in total. The molecule has 0 saturated carbocycles. The van der Waals surface area contributed by atoms with Gasteiger partial charge in [-0.3, -0.25) is 9.97 Å². The molecule has 0 unspecified atom stereocenters. The molecule has 0 saturated heterocycles. The fourth-order valence-electron chi connectivity index (χ4n) is 1.51. The minimum Gasteiger partial charge on any atom is -0.356 e. The van der Waals surface area contributed by atoms with Crippen LogP contribution in [0.2, 0.25) is 0 Å². The van der Waals surface area contributed by atoms with E-state index < -0.39 is 10.2 Å². The summed E-state index contributed by atoms with van der Waals surface area (Å²) >= 11 is 0. The number of aromatic nitrogens is 4. The molecular formula is C10H16N6O6. The standard InChI is InChI=1S/C10H14N4.2NO3/c1(5-13-7-3-11-9-13)2-6-14-8-4-12-10-14;2*2-1(3)4/h3-4,7-10H,1-2,5-6H2;;/q;2*-1/p+2. The molecule has 22 heavy (non-hydrogen) atoms. The SMILES string of the molecule is O=[N+]([O-])[O-].O=[N+]([O-])[O-].c1c[n+](CCCC[n+]2cc[nH]c2)c[nH]1. The monoisotopic (exact) mass is 316 g/mol. The van der Waals surface area contributed by atoms with E-state index in [1.54, 1.807) is 0 Å². The van der Waals surface area contributed by atoms with E-state index >= 15 is 0 Å². The molecule has 2 heterocycles. The van der Waals surface area contributed by atoms with Gasteiger partial charge in [0, 0.05) is 0 Å². The zero-order chi connectivity index (χ0) is 16.8. The Morgan fingerprint density at radius 1 is 0.773 bits per heavy atom. The molecule has 0 fully saturated rings. The molecule has 0 aliphatic rings. The number of aryl methyl sites for hydroxylation is 2. The molecule has 0 amide bonds. The van der Waals surface area contributed by atoms with Crippen molar-refractivity contribution < 1.29 is 19.3 Å². The summed E-state index contributed by atoms with van der Waals surface area (Å²) in [5.74, 6) is 0. The lowest BCUT2D eigenvalue weighted by Crippen LogP contribution is -2.33. The van der Waals surface area contributed by atoms with Gasteiger partial charge in [-0.15, -0.1) is 0 Å². The quantitative estimate of drug-likeness (QED) is 0.338. The summed E-state index contributed by atoms with van der Waals surface area (Å²) in [5, 5.41) is 29.5. The zero-order valence-corrected chi connectivity index (χ0v) is 11.5. The third-order valence-corrected chi connectivity index (χ3v) is 2.29. The van der Waals surface area contributed by atoms with Crippen molar-refractivity contribution in [3.05, 3.63) is 68.1 Å². The van der Waals surface area contributed by atoms with Gasteiger partial charge in [0.1, 0.15) is 24.8 Å². The maximum atomic E-state index is 8.25. The zero-order valence-electron chi connectivity index (χ0n) is 11.5. The van der Waals surface area contributed by atoms with Crippen LogP contribution in [0.4, 0.5) is 0 Å². The second-order valence-corrected chi connectivity index (χ2v) is 3.85. The van der Waals surface area contributed by atoms with Crippen LogP contribution in [0.1, 0.15) is 12.8 Å². The average Bonchev–Trinajstić information content (AvgIpc) is 3.07. The molecule has 2 aromatic rings. The third-order valence-electron chi connectivity index (χ3n) is 2.29. The molecule has 0 aliphatic heterocycles. The van der Waals surface area contributed by atoms with Gasteiger partial charge in [-0.25, -0.2) is 9.13 Å². The second kappa shape index (κ2) is 11.6. The van der Waals surface area contributed by atoms with E-state index in [1.165, 1.54) is 12.8 Å². The lowest BCUT2D eigenvalue weighted by Gasteiger charge is -1.95. The molecule has 2 rings (SSSR count). The van der Waals surface area contributed by atoms with Crippen molar-refractivity contribution in [3.63, 3.8) is 0 Å². The Morgan fingerprint density at radius 3 is 1.32 bits per heavy atom. The molecule has 0 aromatic carbocycles. The van der Waals surface area contributed by atoms with Gasteiger partial charge < -0.3 is 30.6 Å². The molecule has 0 spiro atoms. The van der Waals surface area contributed by atoms with E-state index in [0.29, 0.717) is 0 Å². The van der Waals surface area contributed by atoms with Crippen molar-refractivity contribution >= 4 is 0 Å². The number of rotatable bonds is 5. The Balaban J connectivity index is 0.000000464. The number of nitrogens with zero attached hydrogens (tertiary/aromatic N) is 4.